The van der Waals surface area contributed by atoms with E-state index in [1.807, 2.05) is 54.6 Å². The lowest BCUT2D eigenvalue weighted by Crippen LogP contribution is -2.28. The van der Waals surface area contributed by atoms with Crippen molar-refractivity contribution in [2.75, 3.05) is 16.8 Å². The molecular weight excluding hydrogens is 400 g/mol. The Morgan fingerprint density at radius 3 is 2.57 bits per heavy atom. The molecule has 1 fully saturated rings. The number of para-hydroxylation sites is 1. The summed E-state index contributed by atoms with van der Waals surface area (Å²) in [5.74, 6) is -0.521. The van der Waals surface area contributed by atoms with Crippen molar-refractivity contribution in [1.29, 1.82) is 0 Å². The van der Waals surface area contributed by atoms with Crippen LogP contribution in [0.2, 0.25) is 0 Å². The standard InChI is InChI=1S/C22H22N4O3S/c1-14(2)30-18-10-8-15(9-11-18)21-24-25-22(29-21)23-20(28)16-12-19(27)26(13-16)17-6-4-3-5-7-17/h3-11,14,16H,12-13H2,1-2H3,(H,23,25,28). The molecule has 7 nitrogen and oxygen atoms in total. The van der Waals surface area contributed by atoms with Gasteiger partial charge in [0.15, 0.2) is 0 Å². The topological polar surface area (TPSA) is 88.3 Å². The summed E-state index contributed by atoms with van der Waals surface area (Å²) in [6.45, 7) is 4.61. The van der Waals surface area contributed by atoms with Crippen LogP contribution < -0.4 is 10.2 Å². The van der Waals surface area contributed by atoms with E-state index >= 15 is 0 Å². The molecule has 1 aliphatic heterocycles. The van der Waals surface area contributed by atoms with Crippen LogP contribution >= 0.6 is 11.8 Å². The zero-order chi connectivity index (χ0) is 21.1. The van der Waals surface area contributed by atoms with E-state index in [0.717, 1.165) is 16.1 Å². The SMILES string of the molecule is CC(C)Sc1ccc(-c2nnc(NC(=O)C3CC(=O)N(c4ccccc4)C3)o2)cc1. The third-order valence-electron chi connectivity index (χ3n) is 4.69. The highest BCUT2D eigenvalue weighted by molar-refractivity contribution is 7.99. The molecule has 8 heteroatoms. The summed E-state index contributed by atoms with van der Waals surface area (Å²) < 4.78 is 5.60. The zero-order valence-corrected chi connectivity index (χ0v) is 17.6. The number of benzene rings is 2. The molecule has 30 heavy (non-hydrogen) atoms. The molecule has 1 atom stereocenters. The molecule has 0 radical (unpaired) electrons. The van der Waals surface area contributed by atoms with Gasteiger partial charge >= 0.3 is 6.01 Å². The van der Waals surface area contributed by atoms with Crippen LogP contribution in [0.1, 0.15) is 20.3 Å². The maximum Gasteiger partial charge on any atom is 0.322 e. The predicted molar refractivity (Wildman–Crippen MR) is 116 cm³/mol. The summed E-state index contributed by atoms with van der Waals surface area (Å²) in [4.78, 5) is 27.7. The molecule has 1 N–H and O–H groups in total. The molecule has 2 aromatic carbocycles. The second-order valence-electron chi connectivity index (χ2n) is 7.33. The number of aromatic nitrogens is 2. The minimum Gasteiger partial charge on any atom is -0.403 e. The molecular formula is C22H22N4O3S. The number of hydrogen-bond donors (Lipinski definition) is 1. The van der Waals surface area contributed by atoms with Gasteiger partial charge in [0.1, 0.15) is 0 Å². The van der Waals surface area contributed by atoms with Crippen molar-refractivity contribution in [3.05, 3.63) is 54.6 Å². The van der Waals surface area contributed by atoms with Crippen LogP contribution in [0.4, 0.5) is 11.7 Å². The predicted octanol–water partition coefficient (Wildman–Crippen LogP) is 4.23. The van der Waals surface area contributed by atoms with E-state index in [1.54, 1.807) is 16.7 Å². The average Bonchev–Trinajstić information content (AvgIpc) is 3.35. The van der Waals surface area contributed by atoms with Crippen molar-refractivity contribution in [3.63, 3.8) is 0 Å². The highest BCUT2D eigenvalue weighted by Crippen LogP contribution is 2.28. The normalized spacial score (nSPS) is 16.3. The lowest BCUT2D eigenvalue weighted by atomic mass is 10.1. The smallest absolute Gasteiger partial charge is 0.322 e. The number of rotatable bonds is 6. The number of nitrogens with one attached hydrogen (secondary N) is 1. The Labute approximate surface area is 178 Å². The number of anilines is 2. The van der Waals surface area contributed by atoms with Gasteiger partial charge in [0.2, 0.25) is 17.7 Å². The van der Waals surface area contributed by atoms with Gasteiger partial charge in [-0.1, -0.05) is 37.1 Å². The highest BCUT2D eigenvalue weighted by atomic mass is 32.2. The maximum absolute atomic E-state index is 12.6. The van der Waals surface area contributed by atoms with E-state index in [-0.39, 0.29) is 24.2 Å². The molecule has 2 amide bonds. The van der Waals surface area contributed by atoms with Gasteiger partial charge in [0.25, 0.3) is 0 Å². The van der Waals surface area contributed by atoms with Gasteiger partial charge in [-0.15, -0.1) is 16.9 Å². The van der Waals surface area contributed by atoms with Crippen molar-refractivity contribution in [1.82, 2.24) is 10.2 Å². The highest BCUT2D eigenvalue weighted by Gasteiger charge is 2.35. The molecule has 0 bridgehead atoms. The lowest BCUT2D eigenvalue weighted by molar-refractivity contribution is -0.122. The van der Waals surface area contributed by atoms with Gasteiger partial charge in [0.05, 0.1) is 5.92 Å². The lowest BCUT2D eigenvalue weighted by Gasteiger charge is -2.16. The Hall–Kier alpha value is -3.13. The first kappa shape index (κ1) is 20.2. The van der Waals surface area contributed by atoms with Crippen molar-refractivity contribution in [2.24, 2.45) is 5.92 Å². The van der Waals surface area contributed by atoms with Crippen LogP contribution in [0.15, 0.2) is 63.9 Å². The average molecular weight is 423 g/mol. The first-order valence-corrected chi connectivity index (χ1v) is 10.6. The Morgan fingerprint density at radius 2 is 1.87 bits per heavy atom. The maximum atomic E-state index is 12.6. The summed E-state index contributed by atoms with van der Waals surface area (Å²) in [7, 11) is 0. The number of nitrogens with zero attached hydrogens (tertiary/aromatic N) is 3. The van der Waals surface area contributed by atoms with Crippen molar-refractivity contribution >= 4 is 35.3 Å². The monoisotopic (exact) mass is 422 g/mol. The van der Waals surface area contributed by atoms with Crippen LogP contribution in [0.5, 0.6) is 0 Å². The molecule has 0 spiro atoms. The van der Waals surface area contributed by atoms with E-state index in [2.05, 4.69) is 29.4 Å². The molecule has 1 saturated heterocycles. The first-order valence-electron chi connectivity index (χ1n) is 9.76. The molecule has 1 aliphatic rings. The third-order valence-corrected chi connectivity index (χ3v) is 5.71. The number of hydrogen-bond acceptors (Lipinski definition) is 6. The van der Waals surface area contributed by atoms with Crippen LogP contribution in [0, 0.1) is 5.92 Å². The molecule has 154 valence electrons. The molecule has 2 heterocycles. The van der Waals surface area contributed by atoms with Gasteiger partial charge in [-0.25, -0.2) is 0 Å². The zero-order valence-electron chi connectivity index (χ0n) is 16.7. The Bertz CT molecular complexity index is 1030. The molecule has 0 saturated carbocycles. The van der Waals surface area contributed by atoms with Gasteiger partial charge in [-0.05, 0) is 36.4 Å². The van der Waals surface area contributed by atoms with Crippen LogP contribution in [-0.2, 0) is 9.59 Å². The van der Waals surface area contributed by atoms with Crippen LogP contribution in [0.3, 0.4) is 0 Å². The Morgan fingerprint density at radius 1 is 1.13 bits per heavy atom. The largest absolute Gasteiger partial charge is 0.403 e. The Kier molecular flexibility index (Phi) is 5.85. The molecule has 3 aromatic rings. The van der Waals surface area contributed by atoms with Gasteiger partial charge in [-0.3, -0.25) is 14.9 Å². The molecule has 1 unspecified atom stereocenters. The fourth-order valence-corrected chi connectivity index (χ4v) is 4.12. The van der Waals surface area contributed by atoms with Crippen molar-refractivity contribution < 1.29 is 14.0 Å². The summed E-state index contributed by atoms with van der Waals surface area (Å²) in [6.07, 6.45) is 0.150. The van der Waals surface area contributed by atoms with Crippen LogP contribution in [-0.4, -0.2) is 33.8 Å². The minimum atomic E-state index is -0.472. The van der Waals surface area contributed by atoms with E-state index in [4.69, 9.17) is 4.42 Å². The van der Waals surface area contributed by atoms with Crippen LogP contribution in [0.25, 0.3) is 11.5 Å². The molecule has 0 aliphatic carbocycles. The van der Waals surface area contributed by atoms with E-state index < -0.39 is 5.92 Å². The van der Waals surface area contributed by atoms with Crippen molar-refractivity contribution in [2.45, 2.75) is 30.4 Å². The summed E-state index contributed by atoms with van der Waals surface area (Å²) in [6, 6.07) is 17.2. The number of amides is 2. The quantitative estimate of drug-likeness (QED) is 0.598. The van der Waals surface area contributed by atoms with Gasteiger partial charge in [0, 0.05) is 34.4 Å². The summed E-state index contributed by atoms with van der Waals surface area (Å²) in [5, 5.41) is 11.1. The van der Waals surface area contributed by atoms with Crippen molar-refractivity contribution in [3.8, 4) is 11.5 Å². The number of carbonyl (C=O) groups excluding carboxylic acids is 2. The first-order chi connectivity index (χ1) is 14.5. The Balaban J connectivity index is 1.39. The van der Waals surface area contributed by atoms with Gasteiger partial charge < -0.3 is 9.32 Å². The molecule has 4 rings (SSSR count). The number of carbonyl (C=O) groups is 2. The second kappa shape index (κ2) is 8.71. The minimum absolute atomic E-state index is 0.0289. The van der Waals surface area contributed by atoms with E-state index in [9.17, 15) is 9.59 Å². The molecule has 1 aromatic heterocycles. The van der Waals surface area contributed by atoms with Gasteiger partial charge in [-0.2, -0.15) is 0 Å². The van der Waals surface area contributed by atoms with E-state index in [1.165, 1.54) is 0 Å². The fourth-order valence-electron chi connectivity index (χ4n) is 3.29. The summed E-state index contributed by atoms with van der Waals surface area (Å²) in [5.41, 5.74) is 1.57. The summed E-state index contributed by atoms with van der Waals surface area (Å²) >= 11 is 1.77. The fraction of sp³-hybridized carbons (Fsp3) is 0.273. The number of thioether (sulfide) groups is 1. The third kappa shape index (κ3) is 4.54. The second-order valence-corrected chi connectivity index (χ2v) is 8.98. The van der Waals surface area contributed by atoms with E-state index in [0.29, 0.717) is 17.7 Å².